The molecule has 1 heterocycles. The summed E-state index contributed by atoms with van der Waals surface area (Å²) in [7, 11) is 0. The van der Waals surface area contributed by atoms with Gasteiger partial charge in [-0.25, -0.2) is 4.39 Å². The highest BCUT2D eigenvalue weighted by Crippen LogP contribution is 2.21. The lowest BCUT2D eigenvalue weighted by atomic mass is 9.99. The van der Waals surface area contributed by atoms with Gasteiger partial charge in [0.05, 0.1) is 6.42 Å². The molecule has 0 saturated carbocycles. The Morgan fingerprint density at radius 3 is 2.65 bits per heavy atom. The van der Waals surface area contributed by atoms with E-state index in [2.05, 4.69) is 6.07 Å². The average Bonchev–Trinajstić information content (AvgIpc) is 2.63. The number of ether oxygens (including phenoxy) is 1. The van der Waals surface area contributed by atoms with Crippen LogP contribution in [0.25, 0.3) is 0 Å². The standard InChI is InChI=1S/C20H19ClFNO3/c1-13(26-19(24)11-16-17(21)7-4-8-18(16)22)20(25)23-10-9-14-5-2-3-6-15(14)12-23/h2-8,13H,9-12H2,1H3. The number of benzene rings is 2. The fourth-order valence-corrected chi connectivity index (χ4v) is 3.31. The number of amides is 1. The lowest BCUT2D eigenvalue weighted by molar-refractivity contribution is -0.159. The molecular weight excluding hydrogens is 357 g/mol. The van der Waals surface area contributed by atoms with Crippen molar-refractivity contribution in [2.24, 2.45) is 0 Å². The van der Waals surface area contributed by atoms with Gasteiger partial charge in [0.1, 0.15) is 5.82 Å². The highest BCUT2D eigenvalue weighted by atomic mass is 35.5. The molecule has 0 saturated heterocycles. The third-order valence-corrected chi connectivity index (χ3v) is 4.84. The molecule has 1 atom stereocenters. The molecule has 0 spiro atoms. The van der Waals surface area contributed by atoms with Crippen LogP contribution in [0.5, 0.6) is 0 Å². The number of rotatable bonds is 4. The summed E-state index contributed by atoms with van der Waals surface area (Å²) in [6.07, 6.45) is -0.474. The number of hydrogen-bond acceptors (Lipinski definition) is 3. The Morgan fingerprint density at radius 1 is 1.19 bits per heavy atom. The molecular formula is C20H19ClFNO3. The van der Waals surface area contributed by atoms with Gasteiger partial charge in [0, 0.05) is 23.7 Å². The van der Waals surface area contributed by atoms with E-state index >= 15 is 0 Å². The molecule has 6 heteroatoms. The highest BCUT2D eigenvalue weighted by Gasteiger charge is 2.27. The molecule has 1 amide bonds. The molecule has 4 nitrogen and oxygen atoms in total. The van der Waals surface area contributed by atoms with E-state index in [4.69, 9.17) is 16.3 Å². The van der Waals surface area contributed by atoms with Crippen molar-refractivity contribution in [3.8, 4) is 0 Å². The molecule has 3 rings (SSSR count). The minimum absolute atomic E-state index is 0.0747. The molecule has 2 aromatic carbocycles. The molecule has 0 bridgehead atoms. The summed E-state index contributed by atoms with van der Waals surface area (Å²) in [4.78, 5) is 26.3. The fraction of sp³-hybridized carbons (Fsp3) is 0.300. The first kappa shape index (κ1) is 18.4. The number of carbonyl (C=O) groups is 2. The summed E-state index contributed by atoms with van der Waals surface area (Å²) < 4.78 is 19.0. The lowest BCUT2D eigenvalue weighted by Crippen LogP contribution is -2.42. The first-order valence-electron chi connectivity index (χ1n) is 8.43. The topological polar surface area (TPSA) is 46.6 Å². The number of esters is 1. The van der Waals surface area contributed by atoms with Gasteiger partial charge >= 0.3 is 5.97 Å². The van der Waals surface area contributed by atoms with Crippen LogP contribution in [-0.4, -0.2) is 29.4 Å². The van der Waals surface area contributed by atoms with Crippen molar-refractivity contribution in [3.05, 3.63) is 70.0 Å². The Hall–Kier alpha value is -2.40. The monoisotopic (exact) mass is 375 g/mol. The average molecular weight is 376 g/mol. The number of carbonyl (C=O) groups excluding carboxylic acids is 2. The summed E-state index contributed by atoms with van der Waals surface area (Å²) in [5.74, 6) is -1.51. The van der Waals surface area contributed by atoms with Crippen LogP contribution < -0.4 is 0 Å². The SMILES string of the molecule is CC(OC(=O)Cc1c(F)cccc1Cl)C(=O)N1CCc2ccccc2C1. The third kappa shape index (κ3) is 4.05. The zero-order valence-electron chi connectivity index (χ0n) is 14.4. The Morgan fingerprint density at radius 2 is 1.92 bits per heavy atom. The zero-order chi connectivity index (χ0) is 18.7. The van der Waals surface area contributed by atoms with Gasteiger partial charge < -0.3 is 9.64 Å². The maximum absolute atomic E-state index is 13.8. The van der Waals surface area contributed by atoms with Gasteiger partial charge in [-0.05, 0) is 36.6 Å². The van der Waals surface area contributed by atoms with Crippen LogP contribution in [0.1, 0.15) is 23.6 Å². The molecule has 0 N–H and O–H groups in total. The van der Waals surface area contributed by atoms with Crippen molar-refractivity contribution in [2.75, 3.05) is 6.54 Å². The first-order chi connectivity index (χ1) is 12.5. The lowest BCUT2D eigenvalue weighted by Gasteiger charge is -2.30. The summed E-state index contributed by atoms with van der Waals surface area (Å²) >= 11 is 5.92. The Bertz CT molecular complexity index is 819. The second-order valence-electron chi connectivity index (χ2n) is 6.29. The van der Waals surface area contributed by atoms with Crippen molar-refractivity contribution < 1.29 is 18.7 Å². The zero-order valence-corrected chi connectivity index (χ0v) is 15.1. The predicted octanol–water partition coefficient (Wildman–Crippen LogP) is 3.54. The van der Waals surface area contributed by atoms with Crippen molar-refractivity contribution in [1.82, 2.24) is 4.90 Å². The van der Waals surface area contributed by atoms with Crippen molar-refractivity contribution in [1.29, 1.82) is 0 Å². The van der Waals surface area contributed by atoms with Gasteiger partial charge in [0.2, 0.25) is 0 Å². The van der Waals surface area contributed by atoms with Crippen LogP contribution in [0.3, 0.4) is 0 Å². The van der Waals surface area contributed by atoms with Gasteiger partial charge in [0.15, 0.2) is 6.10 Å². The van der Waals surface area contributed by atoms with Gasteiger partial charge in [-0.1, -0.05) is 41.9 Å². The summed E-state index contributed by atoms with van der Waals surface area (Å²) in [5.41, 5.74) is 2.41. The molecule has 0 fully saturated rings. The number of nitrogens with zero attached hydrogens (tertiary/aromatic N) is 1. The molecule has 136 valence electrons. The molecule has 1 aliphatic heterocycles. The predicted molar refractivity (Wildman–Crippen MR) is 96.2 cm³/mol. The van der Waals surface area contributed by atoms with E-state index in [1.54, 1.807) is 4.90 Å². The minimum atomic E-state index is -0.932. The normalized spacial score (nSPS) is 14.5. The third-order valence-electron chi connectivity index (χ3n) is 4.48. The van der Waals surface area contributed by atoms with E-state index in [0.717, 1.165) is 12.0 Å². The molecule has 0 aliphatic carbocycles. The fourth-order valence-electron chi connectivity index (χ4n) is 3.08. The maximum Gasteiger partial charge on any atom is 0.311 e. The number of hydrogen-bond donors (Lipinski definition) is 0. The minimum Gasteiger partial charge on any atom is -0.452 e. The van der Waals surface area contributed by atoms with Crippen LogP contribution in [0, 0.1) is 5.82 Å². The van der Waals surface area contributed by atoms with E-state index in [1.165, 1.54) is 30.7 Å². The van der Waals surface area contributed by atoms with E-state index in [-0.39, 0.29) is 22.9 Å². The molecule has 0 aromatic heterocycles. The van der Waals surface area contributed by atoms with Crippen LogP contribution in [-0.2, 0) is 33.7 Å². The highest BCUT2D eigenvalue weighted by molar-refractivity contribution is 6.31. The smallest absolute Gasteiger partial charge is 0.311 e. The van der Waals surface area contributed by atoms with Gasteiger partial charge in [-0.15, -0.1) is 0 Å². The largest absolute Gasteiger partial charge is 0.452 e. The number of halogens is 2. The van der Waals surface area contributed by atoms with Crippen LogP contribution in [0.15, 0.2) is 42.5 Å². The molecule has 2 aromatic rings. The van der Waals surface area contributed by atoms with Crippen LogP contribution in [0.4, 0.5) is 4.39 Å². The summed E-state index contributed by atoms with van der Waals surface area (Å²) in [5, 5.41) is 0.161. The van der Waals surface area contributed by atoms with E-state index in [1.807, 2.05) is 18.2 Å². The summed E-state index contributed by atoms with van der Waals surface area (Å²) in [6, 6.07) is 12.2. The van der Waals surface area contributed by atoms with Gasteiger partial charge in [0.25, 0.3) is 5.91 Å². The first-order valence-corrected chi connectivity index (χ1v) is 8.81. The second-order valence-corrected chi connectivity index (χ2v) is 6.69. The van der Waals surface area contributed by atoms with Crippen LogP contribution in [0.2, 0.25) is 5.02 Å². The Labute approximate surface area is 156 Å². The van der Waals surface area contributed by atoms with Gasteiger partial charge in [-0.3, -0.25) is 9.59 Å². The maximum atomic E-state index is 13.8. The van der Waals surface area contributed by atoms with Crippen LogP contribution >= 0.6 is 11.6 Å². The van der Waals surface area contributed by atoms with Crippen molar-refractivity contribution in [2.45, 2.75) is 32.4 Å². The Balaban J connectivity index is 1.60. The van der Waals surface area contributed by atoms with E-state index < -0.39 is 17.9 Å². The molecule has 0 radical (unpaired) electrons. The Kier molecular flexibility index (Phi) is 5.57. The van der Waals surface area contributed by atoms with E-state index in [9.17, 15) is 14.0 Å². The quantitative estimate of drug-likeness (QED) is 0.768. The molecule has 26 heavy (non-hydrogen) atoms. The van der Waals surface area contributed by atoms with Crippen molar-refractivity contribution in [3.63, 3.8) is 0 Å². The van der Waals surface area contributed by atoms with Gasteiger partial charge in [-0.2, -0.15) is 0 Å². The number of fused-ring (bicyclic) bond motifs is 1. The van der Waals surface area contributed by atoms with E-state index in [0.29, 0.717) is 13.1 Å². The van der Waals surface area contributed by atoms with Crippen molar-refractivity contribution >= 4 is 23.5 Å². The summed E-state index contributed by atoms with van der Waals surface area (Å²) in [6.45, 7) is 2.61. The second kappa shape index (κ2) is 7.87. The molecule has 1 aliphatic rings. The molecule has 1 unspecified atom stereocenters.